The molecule has 1 aliphatic carbocycles. The lowest BCUT2D eigenvalue weighted by Gasteiger charge is -2.20. The molecule has 1 fully saturated rings. The van der Waals surface area contributed by atoms with E-state index in [0.29, 0.717) is 23.2 Å². The van der Waals surface area contributed by atoms with E-state index in [-0.39, 0.29) is 23.8 Å². The highest BCUT2D eigenvalue weighted by Crippen LogP contribution is 2.32. The van der Waals surface area contributed by atoms with E-state index < -0.39 is 0 Å². The number of methoxy groups -OCH3 is 2. The first-order valence-electron chi connectivity index (χ1n) is 9.39. The van der Waals surface area contributed by atoms with Crippen LogP contribution in [0.1, 0.15) is 51.5 Å². The van der Waals surface area contributed by atoms with Crippen LogP contribution in [0.3, 0.4) is 0 Å². The van der Waals surface area contributed by atoms with Gasteiger partial charge in [-0.2, -0.15) is 4.98 Å². The van der Waals surface area contributed by atoms with Gasteiger partial charge in [0.25, 0.3) is 0 Å². The van der Waals surface area contributed by atoms with Gasteiger partial charge in [-0.15, -0.1) is 0 Å². The van der Waals surface area contributed by atoms with Crippen LogP contribution in [-0.4, -0.2) is 30.3 Å². The van der Waals surface area contributed by atoms with Crippen LogP contribution in [0.5, 0.6) is 11.5 Å². The van der Waals surface area contributed by atoms with Gasteiger partial charge < -0.3 is 19.3 Å². The van der Waals surface area contributed by atoms with Crippen LogP contribution in [0, 0.1) is 11.8 Å². The average molecular weight is 373 g/mol. The number of hydrogen-bond donors (Lipinski definition) is 1. The molecular weight excluding hydrogens is 346 g/mol. The van der Waals surface area contributed by atoms with Crippen LogP contribution in [0.15, 0.2) is 22.7 Å². The molecule has 1 aliphatic rings. The summed E-state index contributed by atoms with van der Waals surface area (Å²) in [5, 5.41) is 7.19. The Hall–Kier alpha value is -2.57. The molecule has 1 aromatic carbocycles. The Morgan fingerprint density at radius 3 is 2.52 bits per heavy atom. The topological polar surface area (TPSA) is 86.5 Å². The summed E-state index contributed by atoms with van der Waals surface area (Å²) in [4.78, 5) is 17.1. The maximum absolute atomic E-state index is 12.5. The fraction of sp³-hybridized carbons (Fsp3) is 0.550. The molecule has 146 valence electrons. The lowest BCUT2D eigenvalue weighted by molar-refractivity contribution is -0.126. The molecule has 0 saturated heterocycles. The minimum atomic E-state index is -0.306. The largest absolute Gasteiger partial charge is 0.493 e. The van der Waals surface area contributed by atoms with Crippen molar-refractivity contribution in [2.45, 2.75) is 45.6 Å². The molecule has 7 nitrogen and oxygen atoms in total. The van der Waals surface area contributed by atoms with Crippen LogP contribution in [0.2, 0.25) is 0 Å². The van der Waals surface area contributed by atoms with Gasteiger partial charge >= 0.3 is 0 Å². The van der Waals surface area contributed by atoms with Crippen LogP contribution in [0.25, 0.3) is 11.4 Å². The minimum Gasteiger partial charge on any atom is -0.493 e. The van der Waals surface area contributed by atoms with Crippen molar-refractivity contribution in [3.8, 4) is 22.9 Å². The monoisotopic (exact) mass is 373 g/mol. The SMILES string of the molecule is COc1ccc(-c2noc([C@@H](NC(=O)C3CCCC3)C(C)C)n2)cc1OC. The van der Waals surface area contributed by atoms with Gasteiger partial charge in [-0.3, -0.25) is 4.79 Å². The first-order chi connectivity index (χ1) is 13.0. The number of nitrogens with zero attached hydrogens (tertiary/aromatic N) is 2. The quantitative estimate of drug-likeness (QED) is 0.795. The van der Waals surface area contributed by atoms with Crippen LogP contribution >= 0.6 is 0 Å². The molecule has 3 rings (SSSR count). The van der Waals surface area contributed by atoms with E-state index in [4.69, 9.17) is 14.0 Å². The molecule has 0 spiro atoms. The number of amides is 1. The second-order valence-corrected chi connectivity index (χ2v) is 7.24. The predicted octanol–water partition coefficient (Wildman–Crippen LogP) is 3.76. The van der Waals surface area contributed by atoms with Crippen molar-refractivity contribution in [3.63, 3.8) is 0 Å². The van der Waals surface area contributed by atoms with E-state index in [0.717, 1.165) is 31.2 Å². The second kappa shape index (κ2) is 8.41. The number of benzene rings is 1. The maximum Gasteiger partial charge on any atom is 0.249 e. The summed E-state index contributed by atoms with van der Waals surface area (Å²) in [5.74, 6) is 2.41. The van der Waals surface area contributed by atoms with Gasteiger partial charge in [-0.05, 0) is 37.0 Å². The Morgan fingerprint density at radius 1 is 1.19 bits per heavy atom. The number of nitrogens with one attached hydrogen (secondary N) is 1. The van der Waals surface area contributed by atoms with Gasteiger partial charge in [0.05, 0.1) is 14.2 Å². The van der Waals surface area contributed by atoms with Crippen LogP contribution in [-0.2, 0) is 4.79 Å². The van der Waals surface area contributed by atoms with Gasteiger partial charge in [-0.25, -0.2) is 0 Å². The van der Waals surface area contributed by atoms with Crippen molar-refractivity contribution >= 4 is 5.91 Å². The Bertz CT molecular complexity index is 781. The van der Waals surface area contributed by atoms with Gasteiger partial charge in [-0.1, -0.05) is 31.8 Å². The first kappa shape index (κ1) is 19.2. The highest BCUT2D eigenvalue weighted by Gasteiger charge is 2.29. The van der Waals surface area contributed by atoms with Crippen molar-refractivity contribution in [3.05, 3.63) is 24.1 Å². The summed E-state index contributed by atoms with van der Waals surface area (Å²) in [6.45, 7) is 4.06. The summed E-state index contributed by atoms with van der Waals surface area (Å²) in [6, 6.07) is 5.14. The van der Waals surface area contributed by atoms with Gasteiger partial charge in [0.2, 0.25) is 17.6 Å². The molecule has 7 heteroatoms. The number of carbonyl (C=O) groups excluding carboxylic acids is 1. The lowest BCUT2D eigenvalue weighted by Crippen LogP contribution is -2.35. The summed E-state index contributed by atoms with van der Waals surface area (Å²) in [6.07, 6.45) is 4.15. The smallest absolute Gasteiger partial charge is 0.249 e. The molecule has 0 aliphatic heterocycles. The molecule has 1 N–H and O–H groups in total. The number of carbonyl (C=O) groups is 1. The molecule has 0 bridgehead atoms. The highest BCUT2D eigenvalue weighted by molar-refractivity contribution is 5.79. The Kier molecular flexibility index (Phi) is 5.98. The normalized spacial score (nSPS) is 15.7. The van der Waals surface area contributed by atoms with E-state index in [1.54, 1.807) is 26.4 Å². The number of rotatable bonds is 7. The lowest BCUT2D eigenvalue weighted by atomic mass is 10.0. The van der Waals surface area contributed by atoms with Crippen molar-refractivity contribution < 1.29 is 18.8 Å². The Labute approximate surface area is 159 Å². The van der Waals surface area contributed by atoms with E-state index >= 15 is 0 Å². The van der Waals surface area contributed by atoms with Crippen LogP contribution < -0.4 is 14.8 Å². The molecule has 27 heavy (non-hydrogen) atoms. The van der Waals surface area contributed by atoms with E-state index in [1.807, 2.05) is 19.9 Å². The minimum absolute atomic E-state index is 0.0806. The van der Waals surface area contributed by atoms with E-state index in [1.165, 1.54) is 0 Å². The Balaban J connectivity index is 1.80. The van der Waals surface area contributed by atoms with Gasteiger partial charge in [0, 0.05) is 11.5 Å². The average Bonchev–Trinajstić information content (AvgIpc) is 3.37. The summed E-state index contributed by atoms with van der Waals surface area (Å²) in [5.41, 5.74) is 0.757. The summed E-state index contributed by atoms with van der Waals surface area (Å²) < 4.78 is 16.1. The molecule has 0 radical (unpaired) electrons. The standard InChI is InChI=1S/C20H27N3O4/c1-12(2)17(21-19(24)13-7-5-6-8-13)20-22-18(23-27-20)14-9-10-15(25-3)16(11-14)26-4/h9-13,17H,5-8H2,1-4H3,(H,21,24)/t17-/m0/s1. The zero-order valence-electron chi connectivity index (χ0n) is 16.3. The number of aromatic nitrogens is 2. The molecule has 0 unspecified atom stereocenters. The molecular formula is C20H27N3O4. The third-order valence-electron chi connectivity index (χ3n) is 5.04. The third kappa shape index (κ3) is 4.23. The Morgan fingerprint density at radius 2 is 1.89 bits per heavy atom. The first-order valence-corrected chi connectivity index (χ1v) is 9.39. The van der Waals surface area contributed by atoms with Crippen molar-refractivity contribution in [2.75, 3.05) is 14.2 Å². The van der Waals surface area contributed by atoms with E-state index in [2.05, 4.69) is 15.5 Å². The van der Waals surface area contributed by atoms with Gasteiger partial charge in [0.15, 0.2) is 11.5 Å². The molecule has 1 heterocycles. The van der Waals surface area contributed by atoms with E-state index in [9.17, 15) is 4.79 Å². The van der Waals surface area contributed by atoms with Crippen LogP contribution in [0.4, 0.5) is 0 Å². The second-order valence-electron chi connectivity index (χ2n) is 7.24. The molecule has 1 saturated carbocycles. The van der Waals surface area contributed by atoms with Gasteiger partial charge in [0.1, 0.15) is 6.04 Å². The fourth-order valence-corrected chi connectivity index (χ4v) is 3.43. The summed E-state index contributed by atoms with van der Waals surface area (Å²) >= 11 is 0. The summed E-state index contributed by atoms with van der Waals surface area (Å²) in [7, 11) is 3.17. The maximum atomic E-state index is 12.5. The molecule has 1 atom stereocenters. The molecule has 2 aromatic rings. The zero-order chi connectivity index (χ0) is 19.4. The number of hydrogen-bond acceptors (Lipinski definition) is 6. The van der Waals surface area contributed by atoms with Crippen molar-refractivity contribution in [2.24, 2.45) is 11.8 Å². The molecule has 1 amide bonds. The third-order valence-corrected chi connectivity index (χ3v) is 5.04. The number of ether oxygens (including phenoxy) is 2. The van der Waals surface area contributed by atoms with Crippen molar-refractivity contribution in [1.29, 1.82) is 0 Å². The zero-order valence-corrected chi connectivity index (χ0v) is 16.3. The highest BCUT2D eigenvalue weighted by atomic mass is 16.5. The fourth-order valence-electron chi connectivity index (χ4n) is 3.43. The predicted molar refractivity (Wildman–Crippen MR) is 101 cm³/mol. The van der Waals surface area contributed by atoms with Crippen molar-refractivity contribution in [1.82, 2.24) is 15.5 Å². The molecule has 1 aromatic heterocycles.